The van der Waals surface area contributed by atoms with Gasteiger partial charge < -0.3 is 5.11 Å². The minimum absolute atomic E-state index is 0.257. The molecule has 1 aromatic rings. The molecule has 92 valence electrons. The Balaban J connectivity index is 3.16. The van der Waals surface area contributed by atoms with E-state index >= 15 is 0 Å². The summed E-state index contributed by atoms with van der Waals surface area (Å²) in [7, 11) is -2.34. The van der Waals surface area contributed by atoms with Crippen molar-refractivity contribution >= 4 is 27.5 Å². The minimum Gasteiger partial charge on any atom is -0.384 e. The molecule has 0 spiro atoms. The van der Waals surface area contributed by atoms with Gasteiger partial charge >= 0.3 is 0 Å². The molecule has 0 aliphatic heterocycles. The van der Waals surface area contributed by atoms with Gasteiger partial charge in [0.05, 0.1) is 5.69 Å². The summed E-state index contributed by atoms with van der Waals surface area (Å²) in [6.07, 6.45) is 0. The summed E-state index contributed by atoms with van der Waals surface area (Å²) in [6, 6.07) is 4.59. The molecule has 0 saturated heterocycles. The predicted molar refractivity (Wildman–Crippen MR) is 67.0 cm³/mol. The van der Waals surface area contributed by atoms with E-state index in [1.807, 2.05) is 0 Å². The van der Waals surface area contributed by atoms with Gasteiger partial charge in [-0.2, -0.15) is 8.42 Å². The monoisotopic (exact) mass is 274 g/mol. The summed E-state index contributed by atoms with van der Waals surface area (Å²) < 4.78 is 27.1. The molecule has 0 amide bonds. The van der Waals surface area contributed by atoms with Gasteiger partial charge in [-0.05, 0) is 18.2 Å². The van der Waals surface area contributed by atoms with Crippen molar-refractivity contribution in [1.29, 1.82) is 0 Å². The molecular formula is C10H11ClN2O3S. The van der Waals surface area contributed by atoms with E-state index in [0.29, 0.717) is 10.6 Å². The van der Waals surface area contributed by atoms with Crippen molar-refractivity contribution in [3.8, 4) is 11.8 Å². The van der Waals surface area contributed by atoms with Crippen molar-refractivity contribution in [3.63, 3.8) is 0 Å². The van der Waals surface area contributed by atoms with E-state index in [1.54, 1.807) is 12.1 Å². The maximum atomic E-state index is 11.3. The molecule has 0 unspecified atom stereocenters. The quantitative estimate of drug-likeness (QED) is 0.705. The first-order valence-electron chi connectivity index (χ1n) is 4.59. The second-order valence-corrected chi connectivity index (χ2v) is 5.02. The van der Waals surface area contributed by atoms with Crippen molar-refractivity contribution in [2.24, 2.45) is 0 Å². The molecule has 7 heteroatoms. The van der Waals surface area contributed by atoms with Crippen LogP contribution in [0.2, 0.25) is 5.02 Å². The van der Waals surface area contributed by atoms with Gasteiger partial charge in [0.25, 0.3) is 10.2 Å². The van der Waals surface area contributed by atoms with Gasteiger partial charge in [0.15, 0.2) is 0 Å². The molecule has 0 atom stereocenters. The summed E-state index contributed by atoms with van der Waals surface area (Å²) in [4.78, 5) is 0. The fourth-order valence-corrected chi connectivity index (χ4v) is 1.77. The molecule has 1 rings (SSSR count). The number of aliphatic hydroxyl groups excluding tert-OH is 1. The van der Waals surface area contributed by atoms with Crippen LogP contribution in [0, 0.1) is 11.8 Å². The molecule has 0 heterocycles. The van der Waals surface area contributed by atoms with E-state index in [9.17, 15) is 8.42 Å². The molecule has 0 aliphatic carbocycles. The van der Waals surface area contributed by atoms with Crippen molar-refractivity contribution in [1.82, 2.24) is 4.72 Å². The molecular weight excluding hydrogens is 264 g/mol. The molecule has 0 aliphatic rings. The fourth-order valence-electron chi connectivity index (χ4n) is 1.04. The Morgan fingerprint density at radius 2 is 2.18 bits per heavy atom. The highest BCUT2D eigenvalue weighted by Crippen LogP contribution is 2.21. The normalized spacial score (nSPS) is 10.5. The largest absolute Gasteiger partial charge is 0.384 e. The van der Waals surface area contributed by atoms with Crippen LogP contribution in [0.25, 0.3) is 0 Å². The lowest BCUT2D eigenvalue weighted by atomic mass is 10.2. The van der Waals surface area contributed by atoms with Crippen LogP contribution < -0.4 is 9.44 Å². The maximum Gasteiger partial charge on any atom is 0.298 e. The molecule has 0 saturated carbocycles. The number of aliphatic hydroxyl groups is 1. The molecule has 5 nitrogen and oxygen atoms in total. The first-order chi connectivity index (χ1) is 7.98. The second-order valence-electron chi connectivity index (χ2n) is 2.96. The Hall–Kier alpha value is -1.26. The lowest BCUT2D eigenvalue weighted by Gasteiger charge is -2.08. The number of nitrogens with one attached hydrogen (secondary N) is 2. The summed E-state index contributed by atoms with van der Waals surface area (Å²) in [5, 5.41) is 8.98. The summed E-state index contributed by atoms with van der Waals surface area (Å²) >= 11 is 5.77. The Morgan fingerprint density at radius 3 is 2.76 bits per heavy atom. The van der Waals surface area contributed by atoms with Gasteiger partial charge in [0.2, 0.25) is 0 Å². The molecule has 0 radical (unpaired) electrons. The van der Waals surface area contributed by atoms with Crippen LogP contribution in [0.3, 0.4) is 0 Å². The van der Waals surface area contributed by atoms with Gasteiger partial charge in [-0.1, -0.05) is 23.4 Å². The van der Waals surface area contributed by atoms with Crippen LogP contribution in [-0.4, -0.2) is 27.2 Å². The summed E-state index contributed by atoms with van der Waals surface area (Å²) in [5.41, 5.74) is 0.690. The van der Waals surface area contributed by atoms with Gasteiger partial charge in [-0.25, -0.2) is 4.72 Å². The highest BCUT2D eigenvalue weighted by molar-refractivity contribution is 7.90. The van der Waals surface area contributed by atoms with Crippen LogP contribution in [0.4, 0.5) is 5.69 Å². The van der Waals surface area contributed by atoms with Gasteiger partial charge in [0.1, 0.15) is 6.61 Å². The van der Waals surface area contributed by atoms with Gasteiger partial charge in [-0.15, -0.1) is 0 Å². The topological polar surface area (TPSA) is 78.4 Å². The predicted octanol–water partition coefficient (Wildman–Crippen LogP) is 0.560. The minimum atomic E-state index is -3.63. The van der Waals surface area contributed by atoms with Crippen molar-refractivity contribution in [2.75, 3.05) is 18.4 Å². The molecule has 1 aromatic carbocycles. The molecule has 0 fully saturated rings. The van der Waals surface area contributed by atoms with E-state index in [0.717, 1.165) is 0 Å². The molecule has 0 bridgehead atoms. The Kier molecular flexibility index (Phi) is 4.78. The zero-order chi connectivity index (χ0) is 12.9. The summed E-state index contributed by atoms with van der Waals surface area (Å²) in [6.45, 7) is -0.305. The standard InChI is InChI=1S/C10H11ClN2O3S/c1-12-17(15,16)13-10-7-9(11)5-4-8(10)3-2-6-14/h4-5,7,12-14H,6H2,1H3. The Labute approximate surface area is 105 Å². The number of rotatable bonds is 3. The van der Waals surface area contributed by atoms with Crippen LogP contribution in [0.5, 0.6) is 0 Å². The zero-order valence-electron chi connectivity index (χ0n) is 8.99. The summed E-state index contributed by atoms with van der Waals surface area (Å²) in [5.74, 6) is 5.06. The lowest BCUT2D eigenvalue weighted by molar-refractivity contribution is 0.350. The number of hydrogen-bond donors (Lipinski definition) is 3. The average Bonchev–Trinajstić information content (AvgIpc) is 2.28. The van der Waals surface area contributed by atoms with Crippen LogP contribution in [0.15, 0.2) is 18.2 Å². The zero-order valence-corrected chi connectivity index (χ0v) is 10.6. The fraction of sp³-hybridized carbons (Fsp3) is 0.200. The SMILES string of the molecule is CNS(=O)(=O)Nc1cc(Cl)ccc1C#CCO. The number of benzene rings is 1. The van der Waals surface area contributed by atoms with Crippen LogP contribution in [-0.2, 0) is 10.2 Å². The van der Waals surface area contributed by atoms with E-state index in [-0.39, 0.29) is 12.3 Å². The highest BCUT2D eigenvalue weighted by Gasteiger charge is 2.09. The van der Waals surface area contributed by atoms with Crippen LogP contribution in [0.1, 0.15) is 5.56 Å². The maximum absolute atomic E-state index is 11.3. The Morgan fingerprint density at radius 1 is 1.47 bits per heavy atom. The molecule has 17 heavy (non-hydrogen) atoms. The van der Waals surface area contributed by atoms with Crippen molar-refractivity contribution in [3.05, 3.63) is 28.8 Å². The third kappa shape index (κ3) is 4.24. The van der Waals surface area contributed by atoms with Crippen LogP contribution >= 0.6 is 11.6 Å². The lowest BCUT2D eigenvalue weighted by Crippen LogP contribution is -2.26. The van der Waals surface area contributed by atoms with Crippen molar-refractivity contribution in [2.45, 2.75) is 0 Å². The first kappa shape index (κ1) is 13.8. The number of hydrogen-bond acceptors (Lipinski definition) is 3. The Bertz CT molecular complexity index is 561. The highest BCUT2D eigenvalue weighted by atomic mass is 35.5. The van der Waals surface area contributed by atoms with Crippen molar-refractivity contribution < 1.29 is 13.5 Å². The number of halogens is 1. The molecule has 3 N–H and O–H groups in total. The smallest absolute Gasteiger partial charge is 0.298 e. The third-order valence-electron chi connectivity index (χ3n) is 1.80. The molecule has 0 aromatic heterocycles. The van der Waals surface area contributed by atoms with E-state index < -0.39 is 10.2 Å². The van der Waals surface area contributed by atoms with Gasteiger partial charge in [-0.3, -0.25) is 4.72 Å². The number of anilines is 1. The first-order valence-corrected chi connectivity index (χ1v) is 6.45. The van der Waals surface area contributed by atoms with E-state index in [1.165, 1.54) is 13.1 Å². The van der Waals surface area contributed by atoms with Gasteiger partial charge in [0, 0.05) is 17.6 Å². The van der Waals surface area contributed by atoms with E-state index in [2.05, 4.69) is 21.3 Å². The second kappa shape index (κ2) is 5.89. The average molecular weight is 275 g/mol. The van der Waals surface area contributed by atoms with E-state index in [4.69, 9.17) is 16.7 Å². The third-order valence-corrected chi connectivity index (χ3v) is 3.06.